The van der Waals surface area contributed by atoms with E-state index < -0.39 is 15.1 Å². The first-order chi connectivity index (χ1) is 18.7. The van der Waals surface area contributed by atoms with Crippen molar-refractivity contribution in [2.45, 2.75) is 69.9 Å². The van der Waals surface area contributed by atoms with Crippen LogP contribution < -0.4 is 20.7 Å². The van der Waals surface area contributed by atoms with Crippen molar-refractivity contribution in [2.24, 2.45) is 0 Å². The minimum Gasteiger partial charge on any atom is -0.495 e. The lowest BCUT2D eigenvalue weighted by molar-refractivity contribution is 0.416. The van der Waals surface area contributed by atoms with Gasteiger partial charge in [0.05, 0.1) is 34.8 Å². The Morgan fingerprint density at radius 2 is 1.79 bits per heavy atom. The lowest BCUT2D eigenvalue weighted by atomic mass is 10.0. The molecule has 212 valence electrons. The van der Waals surface area contributed by atoms with E-state index in [1.165, 1.54) is 37.4 Å². The smallest absolute Gasteiger partial charge is 0.229 e. The fourth-order valence-electron chi connectivity index (χ4n) is 4.13. The Balaban J connectivity index is 1.76. The van der Waals surface area contributed by atoms with Gasteiger partial charge >= 0.3 is 0 Å². The van der Waals surface area contributed by atoms with Crippen LogP contribution in [0.4, 0.5) is 23.1 Å². The Morgan fingerprint density at radius 1 is 1.03 bits per heavy atom. The van der Waals surface area contributed by atoms with Gasteiger partial charge in [-0.25, -0.2) is 13.4 Å². The van der Waals surface area contributed by atoms with E-state index in [1.807, 2.05) is 12.1 Å². The van der Waals surface area contributed by atoms with E-state index in [4.69, 9.17) is 16.3 Å². The summed E-state index contributed by atoms with van der Waals surface area (Å²) in [6.45, 7) is 9.54. The van der Waals surface area contributed by atoms with Gasteiger partial charge in [-0.15, -0.1) is 0 Å². The summed E-state index contributed by atoms with van der Waals surface area (Å²) in [6, 6.07) is 10.8. The fraction of sp³-hybridized carbons (Fsp3) is 0.448. The van der Waals surface area contributed by atoms with Crippen LogP contribution in [0.2, 0.25) is 5.02 Å². The Labute approximate surface area is 237 Å². The van der Waals surface area contributed by atoms with Gasteiger partial charge < -0.3 is 20.7 Å². The summed E-state index contributed by atoms with van der Waals surface area (Å²) in [5, 5.41) is 9.53. The Bertz CT molecular complexity index is 1350. The monoisotopic (exact) mass is 573 g/mol. The van der Waals surface area contributed by atoms with Gasteiger partial charge in [-0.2, -0.15) is 4.98 Å². The molecule has 3 aromatic rings. The number of anilines is 4. The van der Waals surface area contributed by atoms with Gasteiger partial charge in [0.2, 0.25) is 5.95 Å². The highest BCUT2D eigenvalue weighted by Gasteiger charge is 2.23. The van der Waals surface area contributed by atoms with E-state index in [2.05, 4.69) is 39.8 Å². The maximum absolute atomic E-state index is 12.9. The van der Waals surface area contributed by atoms with E-state index in [0.717, 1.165) is 30.8 Å². The molecule has 0 saturated heterocycles. The quantitative estimate of drug-likeness (QED) is 0.170. The van der Waals surface area contributed by atoms with Gasteiger partial charge in [-0.1, -0.05) is 49.9 Å². The number of nitrogens with one attached hydrogen (secondary N) is 3. The molecule has 3 N–H and O–H groups in total. The molecule has 0 aliphatic carbocycles. The van der Waals surface area contributed by atoms with Gasteiger partial charge in [0.1, 0.15) is 10.8 Å². The number of halogens is 1. The molecule has 39 heavy (non-hydrogen) atoms. The zero-order valence-electron chi connectivity index (χ0n) is 23.5. The van der Waals surface area contributed by atoms with Crippen LogP contribution in [-0.2, 0) is 16.3 Å². The number of benzene rings is 2. The third-order valence-electron chi connectivity index (χ3n) is 6.49. The highest BCUT2D eigenvalue weighted by molar-refractivity contribution is 7.92. The zero-order valence-corrected chi connectivity index (χ0v) is 25.0. The highest BCUT2D eigenvalue weighted by atomic mass is 35.5. The van der Waals surface area contributed by atoms with Crippen LogP contribution in [0.15, 0.2) is 47.5 Å². The molecule has 8 nitrogen and oxygen atoms in total. The molecule has 0 bridgehead atoms. The van der Waals surface area contributed by atoms with Crippen LogP contribution in [-0.4, -0.2) is 43.8 Å². The number of nitrogens with zero attached hydrogens (tertiary/aromatic N) is 2. The zero-order chi connectivity index (χ0) is 28.4. The predicted molar refractivity (Wildman–Crippen MR) is 161 cm³/mol. The van der Waals surface area contributed by atoms with E-state index in [9.17, 15) is 8.42 Å². The molecule has 0 spiro atoms. The summed E-state index contributed by atoms with van der Waals surface area (Å²) >= 11 is 6.38. The lowest BCUT2D eigenvalue weighted by Crippen LogP contribution is -2.19. The number of ether oxygens (including phenoxy) is 1. The van der Waals surface area contributed by atoms with Crippen molar-refractivity contribution in [3.05, 3.63) is 58.7 Å². The fourth-order valence-corrected chi connectivity index (χ4v) is 5.47. The van der Waals surface area contributed by atoms with Crippen LogP contribution in [0.5, 0.6) is 5.75 Å². The van der Waals surface area contributed by atoms with E-state index >= 15 is 0 Å². The largest absolute Gasteiger partial charge is 0.495 e. The van der Waals surface area contributed by atoms with Gasteiger partial charge in [-0.05, 0) is 82.1 Å². The van der Waals surface area contributed by atoms with Gasteiger partial charge in [0.25, 0.3) is 0 Å². The number of methoxy groups -OCH3 is 1. The van der Waals surface area contributed by atoms with Crippen LogP contribution in [0.25, 0.3) is 0 Å². The molecular weight excluding hydrogens is 534 g/mol. The second kappa shape index (κ2) is 14.5. The van der Waals surface area contributed by atoms with Crippen LogP contribution >= 0.6 is 11.6 Å². The van der Waals surface area contributed by atoms with E-state index in [0.29, 0.717) is 17.4 Å². The Hall–Kier alpha value is -2.88. The summed E-state index contributed by atoms with van der Waals surface area (Å²) in [5.41, 5.74) is 3.46. The molecule has 10 heteroatoms. The van der Waals surface area contributed by atoms with E-state index in [1.54, 1.807) is 45.2 Å². The molecule has 2 aromatic carbocycles. The molecule has 0 aliphatic heterocycles. The molecule has 0 amide bonds. The van der Waals surface area contributed by atoms with Crippen molar-refractivity contribution < 1.29 is 13.2 Å². The highest BCUT2D eigenvalue weighted by Crippen LogP contribution is 2.33. The van der Waals surface area contributed by atoms with Crippen molar-refractivity contribution in [1.29, 1.82) is 0 Å². The lowest BCUT2D eigenvalue weighted by Gasteiger charge is -2.17. The number of rotatable bonds is 15. The van der Waals surface area contributed by atoms with Crippen LogP contribution in [0.1, 0.15) is 57.6 Å². The summed E-state index contributed by atoms with van der Waals surface area (Å²) < 4.78 is 31.4. The molecule has 1 heterocycles. The predicted octanol–water partition coefficient (Wildman–Crippen LogP) is 6.83. The number of hydrogen-bond donors (Lipinski definition) is 3. The summed E-state index contributed by atoms with van der Waals surface area (Å²) in [5.74, 6) is 1.27. The molecule has 0 radical (unpaired) electrons. The number of hydrogen-bond acceptors (Lipinski definition) is 8. The van der Waals surface area contributed by atoms with Crippen molar-refractivity contribution in [1.82, 2.24) is 15.3 Å². The second-order valence-electron chi connectivity index (χ2n) is 9.77. The topological polar surface area (TPSA) is 105 Å². The molecule has 1 aromatic heterocycles. The molecule has 0 unspecified atom stereocenters. The first-order valence-corrected chi connectivity index (χ1v) is 15.4. The third-order valence-corrected chi connectivity index (χ3v) is 8.98. The van der Waals surface area contributed by atoms with Crippen molar-refractivity contribution in [2.75, 3.05) is 30.8 Å². The first-order valence-electron chi connectivity index (χ1n) is 13.4. The Kier molecular flexibility index (Phi) is 11.4. The molecule has 0 saturated carbocycles. The minimum atomic E-state index is -3.52. The minimum absolute atomic E-state index is 0.188. The summed E-state index contributed by atoms with van der Waals surface area (Å²) in [6.07, 6.45) is 7.38. The summed E-state index contributed by atoms with van der Waals surface area (Å²) in [4.78, 5) is 9.03. The molecule has 0 atom stereocenters. The van der Waals surface area contributed by atoms with Crippen molar-refractivity contribution in [3.63, 3.8) is 0 Å². The average Bonchev–Trinajstić information content (AvgIpc) is 2.91. The van der Waals surface area contributed by atoms with Gasteiger partial charge in [-0.3, -0.25) is 0 Å². The Morgan fingerprint density at radius 3 is 2.51 bits per heavy atom. The van der Waals surface area contributed by atoms with E-state index in [-0.39, 0.29) is 15.7 Å². The second-order valence-corrected chi connectivity index (χ2v) is 12.6. The molecule has 0 fully saturated rings. The normalized spacial score (nSPS) is 11.6. The van der Waals surface area contributed by atoms with Crippen molar-refractivity contribution >= 4 is 44.6 Å². The third kappa shape index (κ3) is 8.30. The average molecular weight is 574 g/mol. The number of aryl methyl sites for hydroxylation is 1. The molecule has 0 aliphatic rings. The summed E-state index contributed by atoms with van der Waals surface area (Å²) in [7, 11) is -1.88. The molecule has 3 rings (SSSR count). The standard InChI is InChI=1S/C29H40ClN5O3S/c1-6-7-8-11-15-31-16-14-22-18-26(38-5)25(17-21(22)4)34-29-32-19-23(30)28(35-29)33-24-12-9-10-13-27(24)39(36,37)20(2)3/h9-10,12-13,17-20,31H,6-8,11,14-16H2,1-5H3,(H2,32,33,34,35). The maximum atomic E-state index is 12.9. The van der Waals surface area contributed by atoms with Crippen molar-refractivity contribution in [3.8, 4) is 5.75 Å². The maximum Gasteiger partial charge on any atom is 0.229 e. The van der Waals surface area contributed by atoms with Crippen LogP contribution in [0.3, 0.4) is 0 Å². The SMILES string of the molecule is CCCCCCNCCc1cc(OC)c(Nc2ncc(Cl)c(Nc3ccccc3S(=O)(=O)C(C)C)n2)cc1C. The van der Waals surface area contributed by atoms with Gasteiger partial charge in [0, 0.05) is 0 Å². The molecular formula is C29H40ClN5O3S. The number of aromatic nitrogens is 2. The number of sulfone groups is 1. The number of unbranched alkanes of at least 4 members (excludes halogenated alkanes) is 3. The van der Waals surface area contributed by atoms with Crippen LogP contribution in [0, 0.1) is 6.92 Å². The first kappa shape index (κ1) is 30.7. The number of para-hydroxylation sites is 1. The van der Waals surface area contributed by atoms with Gasteiger partial charge in [0.15, 0.2) is 15.7 Å².